The molecule has 5 heteroatoms. The molecule has 1 aliphatic rings. The SMILES string of the molecule is CCNCCc1c(C)nc(C2CSCCO2)nc1C. The van der Waals surface area contributed by atoms with Gasteiger partial charge >= 0.3 is 0 Å². The van der Waals surface area contributed by atoms with Crippen LogP contribution in [-0.4, -0.2) is 41.2 Å². The number of aryl methyl sites for hydroxylation is 2. The molecule has 106 valence electrons. The lowest BCUT2D eigenvalue weighted by Gasteiger charge is -2.22. The monoisotopic (exact) mass is 281 g/mol. The molecule has 1 saturated heterocycles. The highest BCUT2D eigenvalue weighted by Crippen LogP contribution is 2.25. The van der Waals surface area contributed by atoms with E-state index in [-0.39, 0.29) is 6.10 Å². The Labute approximate surface area is 119 Å². The van der Waals surface area contributed by atoms with Crippen LogP contribution in [0.2, 0.25) is 0 Å². The summed E-state index contributed by atoms with van der Waals surface area (Å²) < 4.78 is 5.75. The van der Waals surface area contributed by atoms with Gasteiger partial charge in [0.15, 0.2) is 5.82 Å². The van der Waals surface area contributed by atoms with Crippen molar-refractivity contribution in [3.63, 3.8) is 0 Å². The largest absolute Gasteiger partial charge is 0.368 e. The first-order valence-electron chi connectivity index (χ1n) is 6.96. The molecule has 1 aliphatic heterocycles. The van der Waals surface area contributed by atoms with E-state index in [1.54, 1.807) is 0 Å². The first-order valence-corrected chi connectivity index (χ1v) is 8.12. The van der Waals surface area contributed by atoms with Gasteiger partial charge in [-0.2, -0.15) is 11.8 Å². The second kappa shape index (κ2) is 7.22. The summed E-state index contributed by atoms with van der Waals surface area (Å²) in [6, 6.07) is 0. The number of hydrogen-bond donors (Lipinski definition) is 1. The highest BCUT2D eigenvalue weighted by Gasteiger charge is 2.20. The maximum Gasteiger partial charge on any atom is 0.158 e. The zero-order valence-corrected chi connectivity index (χ0v) is 12.8. The second-order valence-corrected chi connectivity index (χ2v) is 5.92. The van der Waals surface area contributed by atoms with Gasteiger partial charge in [-0.05, 0) is 38.9 Å². The van der Waals surface area contributed by atoms with Crippen molar-refractivity contribution in [2.24, 2.45) is 0 Å². The van der Waals surface area contributed by atoms with E-state index in [1.165, 1.54) is 5.56 Å². The van der Waals surface area contributed by atoms with Crippen molar-refractivity contribution < 1.29 is 4.74 Å². The van der Waals surface area contributed by atoms with Crippen molar-refractivity contribution >= 4 is 11.8 Å². The fourth-order valence-corrected chi connectivity index (χ4v) is 3.14. The average Bonchev–Trinajstić information content (AvgIpc) is 2.43. The third kappa shape index (κ3) is 3.91. The number of hydrogen-bond acceptors (Lipinski definition) is 5. The van der Waals surface area contributed by atoms with Crippen LogP contribution in [0.25, 0.3) is 0 Å². The lowest BCUT2D eigenvalue weighted by atomic mass is 10.1. The standard InChI is InChI=1S/C14H23N3OS/c1-4-15-6-5-12-10(2)16-14(17-11(12)3)13-9-19-8-7-18-13/h13,15H,4-9H2,1-3H3. The number of rotatable bonds is 5. The van der Waals surface area contributed by atoms with Gasteiger partial charge in [-0.3, -0.25) is 0 Å². The summed E-state index contributed by atoms with van der Waals surface area (Å²) in [7, 11) is 0. The Kier molecular flexibility index (Phi) is 5.60. The van der Waals surface area contributed by atoms with Crippen molar-refractivity contribution in [3.8, 4) is 0 Å². The Balaban J connectivity index is 2.11. The van der Waals surface area contributed by atoms with Crippen molar-refractivity contribution in [2.75, 3.05) is 31.2 Å². The molecule has 0 bridgehead atoms. The predicted octanol–water partition coefficient (Wildman–Crippen LogP) is 2.05. The number of nitrogens with zero attached hydrogens (tertiary/aromatic N) is 2. The maximum absolute atomic E-state index is 5.75. The molecule has 1 N–H and O–H groups in total. The van der Waals surface area contributed by atoms with Crippen LogP contribution in [0.5, 0.6) is 0 Å². The van der Waals surface area contributed by atoms with E-state index in [9.17, 15) is 0 Å². The zero-order valence-electron chi connectivity index (χ0n) is 12.0. The molecule has 1 fully saturated rings. The topological polar surface area (TPSA) is 47.0 Å². The second-order valence-electron chi connectivity index (χ2n) is 4.77. The molecule has 19 heavy (non-hydrogen) atoms. The maximum atomic E-state index is 5.75. The van der Waals surface area contributed by atoms with Crippen molar-refractivity contribution in [1.82, 2.24) is 15.3 Å². The zero-order chi connectivity index (χ0) is 13.7. The molecule has 0 saturated carbocycles. The smallest absolute Gasteiger partial charge is 0.158 e. The van der Waals surface area contributed by atoms with Crippen molar-refractivity contribution in [2.45, 2.75) is 33.3 Å². The third-order valence-electron chi connectivity index (χ3n) is 3.34. The fraction of sp³-hybridized carbons (Fsp3) is 0.714. The Bertz CT molecular complexity index is 396. The van der Waals surface area contributed by atoms with E-state index in [2.05, 4.69) is 36.1 Å². The molecular weight excluding hydrogens is 258 g/mol. The molecule has 4 nitrogen and oxygen atoms in total. The van der Waals surface area contributed by atoms with E-state index < -0.39 is 0 Å². The molecule has 1 aromatic heterocycles. The Morgan fingerprint density at radius 1 is 1.32 bits per heavy atom. The van der Waals surface area contributed by atoms with Crippen LogP contribution < -0.4 is 5.32 Å². The minimum Gasteiger partial charge on any atom is -0.368 e. The molecule has 0 amide bonds. The van der Waals surface area contributed by atoms with E-state index in [4.69, 9.17) is 4.74 Å². The molecule has 0 aromatic carbocycles. The normalized spacial score (nSPS) is 19.6. The summed E-state index contributed by atoms with van der Waals surface area (Å²) in [6.45, 7) is 9.07. The van der Waals surface area contributed by atoms with E-state index in [1.807, 2.05) is 11.8 Å². The number of nitrogens with one attached hydrogen (secondary N) is 1. The predicted molar refractivity (Wildman–Crippen MR) is 79.8 cm³/mol. The summed E-state index contributed by atoms with van der Waals surface area (Å²) in [5.74, 6) is 2.90. The van der Waals surface area contributed by atoms with Crippen molar-refractivity contribution in [3.05, 3.63) is 22.8 Å². The van der Waals surface area contributed by atoms with Gasteiger partial charge in [0.05, 0.1) is 6.61 Å². The van der Waals surface area contributed by atoms with Crippen LogP contribution in [0.4, 0.5) is 0 Å². The molecule has 1 aromatic rings. The molecule has 1 unspecified atom stereocenters. The molecule has 2 rings (SSSR count). The van der Waals surface area contributed by atoms with Crippen LogP contribution in [0, 0.1) is 13.8 Å². The summed E-state index contributed by atoms with van der Waals surface area (Å²) in [4.78, 5) is 9.32. The summed E-state index contributed by atoms with van der Waals surface area (Å²) >= 11 is 1.92. The fourth-order valence-electron chi connectivity index (χ4n) is 2.30. The van der Waals surface area contributed by atoms with Crippen LogP contribution in [0.15, 0.2) is 0 Å². The highest BCUT2D eigenvalue weighted by molar-refractivity contribution is 7.99. The lowest BCUT2D eigenvalue weighted by Crippen LogP contribution is -2.21. The summed E-state index contributed by atoms with van der Waals surface area (Å²) in [5.41, 5.74) is 3.47. The van der Waals surface area contributed by atoms with E-state index in [0.717, 1.165) is 54.8 Å². The Morgan fingerprint density at radius 2 is 2.05 bits per heavy atom. The summed E-state index contributed by atoms with van der Waals surface area (Å²) in [5, 5.41) is 3.35. The number of likely N-dealkylation sites (N-methyl/N-ethyl adjacent to an activating group) is 1. The summed E-state index contributed by atoms with van der Waals surface area (Å²) in [6.07, 6.45) is 1.06. The van der Waals surface area contributed by atoms with Gasteiger partial charge in [0, 0.05) is 22.9 Å². The van der Waals surface area contributed by atoms with Gasteiger partial charge in [0.25, 0.3) is 0 Å². The number of ether oxygens (including phenoxy) is 1. The van der Waals surface area contributed by atoms with Crippen LogP contribution in [0.3, 0.4) is 0 Å². The first kappa shape index (κ1) is 14.8. The molecular formula is C14H23N3OS. The van der Waals surface area contributed by atoms with Crippen LogP contribution >= 0.6 is 11.8 Å². The van der Waals surface area contributed by atoms with Crippen LogP contribution in [-0.2, 0) is 11.2 Å². The van der Waals surface area contributed by atoms with Gasteiger partial charge in [-0.1, -0.05) is 6.92 Å². The van der Waals surface area contributed by atoms with Gasteiger partial charge in [-0.15, -0.1) is 0 Å². The van der Waals surface area contributed by atoms with Gasteiger partial charge in [-0.25, -0.2) is 9.97 Å². The number of thioether (sulfide) groups is 1. The first-order chi connectivity index (χ1) is 9.22. The van der Waals surface area contributed by atoms with Gasteiger partial charge in [0.2, 0.25) is 0 Å². The molecule has 1 atom stereocenters. The third-order valence-corrected chi connectivity index (χ3v) is 4.34. The minimum absolute atomic E-state index is 0.0685. The molecule has 0 radical (unpaired) electrons. The quantitative estimate of drug-likeness (QED) is 0.837. The van der Waals surface area contributed by atoms with Gasteiger partial charge < -0.3 is 10.1 Å². The Hall–Kier alpha value is -0.650. The molecule has 2 heterocycles. The molecule has 0 spiro atoms. The van der Waals surface area contributed by atoms with E-state index in [0.29, 0.717) is 0 Å². The Morgan fingerprint density at radius 3 is 2.63 bits per heavy atom. The van der Waals surface area contributed by atoms with Gasteiger partial charge in [0.1, 0.15) is 6.10 Å². The number of aromatic nitrogens is 2. The van der Waals surface area contributed by atoms with Crippen molar-refractivity contribution in [1.29, 1.82) is 0 Å². The average molecular weight is 281 g/mol. The van der Waals surface area contributed by atoms with E-state index >= 15 is 0 Å². The minimum atomic E-state index is 0.0685. The van der Waals surface area contributed by atoms with Crippen LogP contribution in [0.1, 0.15) is 35.8 Å². The molecule has 0 aliphatic carbocycles. The highest BCUT2D eigenvalue weighted by atomic mass is 32.2. The lowest BCUT2D eigenvalue weighted by molar-refractivity contribution is 0.0691.